The van der Waals surface area contributed by atoms with Crippen LogP contribution in [-0.4, -0.2) is 13.1 Å². The molecule has 3 atom stereocenters. The minimum Gasteiger partial charge on any atom is -0.317 e. The van der Waals surface area contributed by atoms with Gasteiger partial charge < -0.3 is 5.32 Å². The third kappa shape index (κ3) is 3.79. The van der Waals surface area contributed by atoms with Crippen molar-refractivity contribution < 1.29 is 0 Å². The fourth-order valence-electron chi connectivity index (χ4n) is 3.19. The molecule has 0 radical (unpaired) electrons. The van der Waals surface area contributed by atoms with Crippen molar-refractivity contribution in [3.05, 3.63) is 0 Å². The Hall–Kier alpha value is -0.0400. The van der Waals surface area contributed by atoms with E-state index in [4.69, 9.17) is 0 Å². The van der Waals surface area contributed by atoms with Crippen LogP contribution in [0.2, 0.25) is 0 Å². The van der Waals surface area contributed by atoms with Crippen molar-refractivity contribution in [2.75, 3.05) is 7.05 Å². The topological polar surface area (TPSA) is 12.0 Å². The van der Waals surface area contributed by atoms with Crippen LogP contribution < -0.4 is 5.32 Å². The Kier molecular flexibility index (Phi) is 5.66. The highest BCUT2D eigenvalue weighted by Gasteiger charge is 2.28. The molecule has 0 amide bonds. The molecule has 1 aliphatic carbocycles. The van der Waals surface area contributed by atoms with E-state index in [9.17, 15) is 0 Å². The summed E-state index contributed by atoms with van der Waals surface area (Å²) in [5.74, 6) is 2.84. The van der Waals surface area contributed by atoms with Crippen LogP contribution in [0.3, 0.4) is 0 Å². The van der Waals surface area contributed by atoms with Crippen LogP contribution in [-0.2, 0) is 0 Å². The largest absolute Gasteiger partial charge is 0.317 e. The van der Waals surface area contributed by atoms with Gasteiger partial charge in [0.1, 0.15) is 0 Å². The van der Waals surface area contributed by atoms with Crippen LogP contribution in [0.4, 0.5) is 0 Å². The number of hydrogen-bond donors (Lipinski definition) is 1. The van der Waals surface area contributed by atoms with E-state index in [0.717, 1.165) is 23.8 Å². The van der Waals surface area contributed by atoms with Crippen LogP contribution >= 0.6 is 0 Å². The van der Waals surface area contributed by atoms with Gasteiger partial charge in [-0.15, -0.1) is 0 Å². The second-order valence-electron chi connectivity index (χ2n) is 5.49. The van der Waals surface area contributed by atoms with Crippen LogP contribution in [0.1, 0.15) is 59.3 Å². The highest BCUT2D eigenvalue weighted by atomic mass is 14.9. The van der Waals surface area contributed by atoms with Gasteiger partial charge >= 0.3 is 0 Å². The van der Waals surface area contributed by atoms with E-state index >= 15 is 0 Å². The first kappa shape index (κ1) is 13.0. The van der Waals surface area contributed by atoms with Gasteiger partial charge in [-0.2, -0.15) is 0 Å². The van der Waals surface area contributed by atoms with Gasteiger partial charge in [-0.25, -0.2) is 0 Å². The van der Waals surface area contributed by atoms with Crippen molar-refractivity contribution in [1.29, 1.82) is 0 Å². The third-order valence-corrected chi connectivity index (χ3v) is 4.41. The monoisotopic (exact) mass is 211 g/mol. The zero-order chi connectivity index (χ0) is 11.3. The summed E-state index contributed by atoms with van der Waals surface area (Å²) in [5.41, 5.74) is 0. The molecule has 0 aromatic carbocycles. The molecule has 90 valence electrons. The van der Waals surface area contributed by atoms with Gasteiger partial charge in [0.05, 0.1) is 0 Å². The second kappa shape index (κ2) is 6.52. The summed E-state index contributed by atoms with van der Waals surface area (Å²) in [7, 11) is 2.14. The Morgan fingerprint density at radius 3 is 2.40 bits per heavy atom. The van der Waals surface area contributed by atoms with Gasteiger partial charge in [0.2, 0.25) is 0 Å². The molecule has 0 aromatic rings. The van der Waals surface area contributed by atoms with Gasteiger partial charge in [-0.3, -0.25) is 0 Å². The van der Waals surface area contributed by atoms with Crippen molar-refractivity contribution in [1.82, 2.24) is 5.32 Å². The minimum absolute atomic E-state index is 0.793. The van der Waals surface area contributed by atoms with Gasteiger partial charge in [0, 0.05) is 6.04 Å². The summed E-state index contributed by atoms with van der Waals surface area (Å²) in [4.78, 5) is 0. The maximum atomic E-state index is 3.53. The molecule has 0 saturated heterocycles. The maximum Gasteiger partial charge on any atom is 0.00926 e. The fourth-order valence-corrected chi connectivity index (χ4v) is 3.19. The average Bonchev–Trinajstić information content (AvgIpc) is 2.26. The lowest BCUT2D eigenvalue weighted by atomic mass is 9.74. The molecule has 0 heterocycles. The van der Waals surface area contributed by atoms with Crippen LogP contribution in [0.15, 0.2) is 0 Å². The Balaban J connectivity index is 2.47. The zero-order valence-electron chi connectivity index (χ0n) is 11.1. The summed E-state index contributed by atoms with van der Waals surface area (Å²) in [6.45, 7) is 7.11. The summed E-state index contributed by atoms with van der Waals surface area (Å²) in [5, 5.41) is 3.53. The second-order valence-corrected chi connectivity index (χ2v) is 5.49. The normalized spacial score (nSPS) is 32.2. The van der Waals surface area contributed by atoms with Crippen LogP contribution in [0, 0.1) is 17.8 Å². The quantitative estimate of drug-likeness (QED) is 0.728. The molecule has 3 unspecified atom stereocenters. The van der Waals surface area contributed by atoms with Crippen molar-refractivity contribution in [2.45, 2.75) is 65.3 Å². The molecule has 15 heavy (non-hydrogen) atoms. The highest BCUT2D eigenvalue weighted by Crippen LogP contribution is 2.34. The molecule has 1 saturated carbocycles. The molecule has 0 aromatic heterocycles. The van der Waals surface area contributed by atoms with E-state index in [1.54, 1.807) is 0 Å². The van der Waals surface area contributed by atoms with E-state index in [1.165, 1.54) is 38.5 Å². The predicted molar refractivity (Wildman–Crippen MR) is 68.0 cm³/mol. The van der Waals surface area contributed by atoms with Gasteiger partial charge in [0.15, 0.2) is 0 Å². The predicted octanol–water partition coefficient (Wildman–Crippen LogP) is 3.84. The summed E-state index contributed by atoms with van der Waals surface area (Å²) >= 11 is 0. The zero-order valence-corrected chi connectivity index (χ0v) is 11.1. The number of rotatable bonds is 5. The van der Waals surface area contributed by atoms with E-state index in [0.29, 0.717) is 0 Å². The Labute approximate surface area is 96.0 Å². The molecule has 1 N–H and O–H groups in total. The Bertz CT molecular complexity index is 163. The molecule has 0 spiro atoms. The first-order valence-corrected chi connectivity index (χ1v) is 6.88. The average molecular weight is 211 g/mol. The molecule has 1 fully saturated rings. The van der Waals surface area contributed by atoms with Gasteiger partial charge in [0.25, 0.3) is 0 Å². The van der Waals surface area contributed by atoms with Crippen molar-refractivity contribution in [3.63, 3.8) is 0 Å². The molecule has 1 heteroatoms. The number of hydrogen-bond acceptors (Lipinski definition) is 1. The Morgan fingerprint density at radius 1 is 1.20 bits per heavy atom. The molecule has 0 aliphatic heterocycles. The molecule has 1 aliphatic rings. The summed E-state index contributed by atoms with van der Waals surface area (Å²) < 4.78 is 0. The summed E-state index contributed by atoms with van der Waals surface area (Å²) in [6, 6.07) is 0.793. The number of nitrogens with one attached hydrogen (secondary N) is 1. The van der Waals surface area contributed by atoms with Crippen molar-refractivity contribution in [2.24, 2.45) is 17.8 Å². The lowest BCUT2D eigenvalue weighted by molar-refractivity contribution is 0.183. The first-order chi connectivity index (χ1) is 7.21. The highest BCUT2D eigenvalue weighted by molar-refractivity contribution is 4.83. The fraction of sp³-hybridized carbons (Fsp3) is 1.00. The van der Waals surface area contributed by atoms with Crippen LogP contribution in [0.5, 0.6) is 0 Å². The molecular weight excluding hydrogens is 182 g/mol. The molecule has 1 rings (SSSR count). The molecule has 0 bridgehead atoms. The standard InChI is InChI=1S/C14H29N/c1-5-12(6-2)10-13-9-11(3)7-8-14(13)15-4/h11-15H,5-10H2,1-4H3. The smallest absolute Gasteiger partial charge is 0.00926 e. The van der Waals surface area contributed by atoms with Crippen LogP contribution in [0.25, 0.3) is 0 Å². The minimum atomic E-state index is 0.793. The molecular formula is C14H29N. The van der Waals surface area contributed by atoms with E-state index < -0.39 is 0 Å². The first-order valence-electron chi connectivity index (χ1n) is 6.88. The van der Waals surface area contributed by atoms with Gasteiger partial charge in [-0.05, 0) is 50.5 Å². The van der Waals surface area contributed by atoms with Crippen molar-refractivity contribution in [3.8, 4) is 0 Å². The third-order valence-electron chi connectivity index (χ3n) is 4.41. The Morgan fingerprint density at radius 2 is 1.87 bits per heavy atom. The van der Waals surface area contributed by atoms with Crippen molar-refractivity contribution >= 4 is 0 Å². The summed E-state index contributed by atoms with van der Waals surface area (Å²) in [6.07, 6.45) is 8.42. The SMILES string of the molecule is CCC(CC)CC1CC(C)CCC1NC. The molecule has 1 nitrogen and oxygen atoms in total. The maximum absolute atomic E-state index is 3.53. The lowest BCUT2D eigenvalue weighted by Crippen LogP contribution is -2.39. The lowest BCUT2D eigenvalue weighted by Gasteiger charge is -2.36. The van der Waals surface area contributed by atoms with E-state index in [-0.39, 0.29) is 0 Å². The van der Waals surface area contributed by atoms with E-state index in [2.05, 4.69) is 33.1 Å². The van der Waals surface area contributed by atoms with Gasteiger partial charge in [-0.1, -0.05) is 33.6 Å². The van der Waals surface area contributed by atoms with E-state index in [1.807, 2.05) is 0 Å².